The number of nitrogens with zero attached hydrogens (tertiary/aromatic N) is 2. The Balaban J connectivity index is 1.68. The van der Waals surface area contributed by atoms with E-state index in [1.165, 1.54) is 38.7 Å². The number of likely N-dealkylation sites (tertiary alicyclic amines) is 1. The van der Waals surface area contributed by atoms with Crippen molar-refractivity contribution in [3.63, 3.8) is 0 Å². The molecule has 9 nitrogen and oxygen atoms in total. The van der Waals surface area contributed by atoms with Crippen LogP contribution in [0.5, 0.6) is 17.2 Å². The molecule has 1 aromatic heterocycles. The molecule has 2 amide bonds. The van der Waals surface area contributed by atoms with Gasteiger partial charge >= 0.3 is 0 Å². The van der Waals surface area contributed by atoms with Crippen molar-refractivity contribution in [2.45, 2.75) is 18.9 Å². The van der Waals surface area contributed by atoms with Crippen LogP contribution in [0, 0.1) is 0 Å². The lowest BCUT2D eigenvalue weighted by atomic mass is 10.1. The highest BCUT2D eigenvalue weighted by Crippen LogP contribution is 2.35. The minimum Gasteiger partial charge on any atom is -0.496 e. The topological polar surface area (TPSA) is 102 Å². The number of nitrogens with one attached hydrogen (secondary N) is 2. The minimum atomic E-state index is -0.426. The monoisotopic (exact) mass is 434 g/mol. The molecular weight excluding hydrogens is 408 g/mol. The molecule has 0 bridgehead atoms. The van der Waals surface area contributed by atoms with Crippen LogP contribution in [-0.4, -0.2) is 69.2 Å². The van der Waals surface area contributed by atoms with Gasteiger partial charge in [0, 0.05) is 23.6 Å². The number of carbonyl (C=O) groups is 2. The molecule has 0 radical (unpaired) electrons. The largest absolute Gasteiger partial charge is 0.496 e. The second kappa shape index (κ2) is 9.77. The van der Waals surface area contributed by atoms with E-state index in [1.54, 1.807) is 11.4 Å². The highest BCUT2D eigenvalue weighted by molar-refractivity contribution is 7.14. The van der Waals surface area contributed by atoms with E-state index in [0.29, 0.717) is 22.4 Å². The summed E-state index contributed by atoms with van der Waals surface area (Å²) in [5.74, 6) is 0.533. The molecule has 1 fully saturated rings. The van der Waals surface area contributed by atoms with Gasteiger partial charge in [-0.05, 0) is 33.0 Å². The van der Waals surface area contributed by atoms with E-state index >= 15 is 0 Å². The number of methoxy groups -OCH3 is 3. The summed E-state index contributed by atoms with van der Waals surface area (Å²) in [7, 11) is 6.53. The van der Waals surface area contributed by atoms with Crippen LogP contribution in [-0.2, 0) is 0 Å². The molecule has 0 unspecified atom stereocenters. The maximum absolute atomic E-state index is 12.8. The molecule has 2 heterocycles. The summed E-state index contributed by atoms with van der Waals surface area (Å²) in [4.78, 5) is 31.7. The maximum atomic E-state index is 12.8. The average molecular weight is 435 g/mol. The number of aromatic nitrogens is 1. The van der Waals surface area contributed by atoms with E-state index in [0.717, 1.165) is 25.9 Å². The number of hydrogen-bond donors (Lipinski definition) is 2. The number of thiazole rings is 1. The van der Waals surface area contributed by atoms with Crippen molar-refractivity contribution in [3.8, 4) is 17.2 Å². The third-order valence-corrected chi connectivity index (χ3v) is 5.72. The molecule has 1 aromatic carbocycles. The molecule has 30 heavy (non-hydrogen) atoms. The Morgan fingerprint density at radius 2 is 1.67 bits per heavy atom. The van der Waals surface area contributed by atoms with Gasteiger partial charge < -0.3 is 24.4 Å². The number of hydrogen-bond acceptors (Lipinski definition) is 8. The normalized spacial score (nSPS) is 14.8. The van der Waals surface area contributed by atoms with Gasteiger partial charge in [-0.2, -0.15) is 0 Å². The number of piperidine rings is 1. The predicted molar refractivity (Wildman–Crippen MR) is 114 cm³/mol. The van der Waals surface area contributed by atoms with Gasteiger partial charge in [-0.3, -0.25) is 14.9 Å². The van der Waals surface area contributed by atoms with Gasteiger partial charge in [-0.15, -0.1) is 11.3 Å². The lowest BCUT2D eigenvalue weighted by Crippen LogP contribution is -2.43. The first-order valence-corrected chi connectivity index (χ1v) is 10.4. The number of anilines is 1. The maximum Gasteiger partial charge on any atom is 0.271 e. The first kappa shape index (κ1) is 21.8. The zero-order valence-corrected chi connectivity index (χ0v) is 18.3. The van der Waals surface area contributed by atoms with Crippen LogP contribution >= 0.6 is 11.3 Å². The molecule has 0 spiro atoms. The number of benzene rings is 1. The van der Waals surface area contributed by atoms with Crippen LogP contribution in [0.3, 0.4) is 0 Å². The van der Waals surface area contributed by atoms with Crippen LogP contribution in [0.4, 0.5) is 5.13 Å². The minimum absolute atomic E-state index is 0.143. The summed E-state index contributed by atoms with van der Waals surface area (Å²) in [6.07, 6.45) is 1.82. The molecule has 2 N–H and O–H groups in total. The zero-order valence-electron chi connectivity index (χ0n) is 17.5. The quantitative estimate of drug-likeness (QED) is 0.689. The van der Waals surface area contributed by atoms with E-state index in [4.69, 9.17) is 14.2 Å². The molecule has 162 valence electrons. The summed E-state index contributed by atoms with van der Waals surface area (Å²) in [6, 6.07) is 3.26. The summed E-state index contributed by atoms with van der Waals surface area (Å²) >= 11 is 1.19. The number of amides is 2. The van der Waals surface area contributed by atoms with Crippen LogP contribution in [0.1, 0.15) is 33.7 Å². The predicted octanol–water partition coefficient (Wildman–Crippen LogP) is 2.25. The smallest absolute Gasteiger partial charge is 0.271 e. The molecule has 0 atom stereocenters. The molecular formula is C20H26N4O5S. The summed E-state index contributed by atoms with van der Waals surface area (Å²) in [6.45, 7) is 1.91. The Kier molecular flexibility index (Phi) is 7.11. The zero-order chi connectivity index (χ0) is 21.7. The Morgan fingerprint density at radius 1 is 1.03 bits per heavy atom. The lowest BCUT2D eigenvalue weighted by molar-refractivity contribution is 0.0911. The molecule has 0 saturated carbocycles. The first-order chi connectivity index (χ1) is 14.4. The van der Waals surface area contributed by atoms with Gasteiger partial charge in [0.2, 0.25) is 0 Å². The van der Waals surface area contributed by atoms with Crippen molar-refractivity contribution in [1.82, 2.24) is 15.2 Å². The van der Waals surface area contributed by atoms with Crippen molar-refractivity contribution in [2.75, 3.05) is 46.8 Å². The Hall–Kier alpha value is -2.85. The van der Waals surface area contributed by atoms with E-state index < -0.39 is 5.91 Å². The SMILES string of the molecule is COc1cc(OC)c(C(=O)Nc2nc(C(=O)NC3CCN(C)CC3)cs2)cc1OC. The lowest BCUT2D eigenvalue weighted by Gasteiger charge is -2.29. The molecule has 1 aliphatic heterocycles. The van der Waals surface area contributed by atoms with Gasteiger partial charge in [0.25, 0.3) is 11.8 Å². The summed E-state index contributed by atoms with van der Waals surface area (Å²) in [5.41, 5.74) is 0.552. The Morgan fingerprint density at radius 3 is 2.30 bits per heavy atom. The van der Waals surface area contributed by atoms with Gasteiger partial charge in [-0.25, -0.2) is 4.98 Å². The molecule has 0 aliphatic carbocycles. The van der Waals surface area contributed by atoms with E-state index in [-0.39, 0.29) is 23.2 Å². The van der Waals surface area contributed by atoms with Gasteiger partial charge in [-0.1, -0.05) is 0 Å². The third-order valence-electron chi connectivity index (χ3n) is 4.96. The van der Waals surface area contributed by atoms with Crippen LogP contribution < -0.4 is 24.8 Å². The van der Waals surface area contributed by atoms with Crippen molar-refractivity contribution in [2.24, 2.45) is 0 Å². The van der Waals surface area contributed by atoms with E-state index in [2.05, 4.69) is 27.6 Å². The molecule has 10 heteroatoms. The van der Waals surface area contributed by atoms with Crippen molar-refractivity contribution < 1.29 is 23.8 Å². The fourth-order valence-electron chi connectivity index (χ4n) is 3.22. The highest BCUT2D eigenvalue weighted by Gasteiger charge is 2.22. The first-order valence-electron chi connectivity index (χ1n) is 9.51. The van der Waals surface area contributed by atoms with Crippen molar-refractivity contribution in [3.05, 3.63) is 28.8 Å². The summed E-state index contributed by atoms with van der Waals surface area (Å²) < 4.78 is 15.8. The second-order valence-corrected chi connectivity index (χ2v) is 7.81. The number of ether oxygens (including phenoxy) is 3. The second-order valence-electron chi connectivity index (χ2n) is 6.95. The van der Waals surface area contributed by atoms with E-state index in [9.17, 15) is 9.59 Å². The van der Waals surface area contributed by atoms with Crippen LogP contribution in [0.25, 0.3) is 0 Å². The standard InChI is InChI=1S/C20H26N4O5S/c1-24-7-5-12(6-8-24)21-19(26)14-11-30-20(22-14)23-18(25)13-9-16(28-3)17(29-4)10-15(13)27-2/h9-12H,5-8H2,1-4H3,(H,21,26)(H,22,23,25). The molecule has 3 rings (SSSR count). The third kappa shape index (κ3) is 5.00. The number of carbonyl (C=O) groups excluding carboxylic acids is 2. The Labute approximate surface area is 179 Å². The fourth-order valence-corrected chi connectivity index (χ4v) is 3.90. The van der Waals surface area contributed by atoms with Gasteiger partial charge in [0.05, 0.1) is 26.9 Å². The van der Waals surface area contributed by atoms with Crippen molar-refractivity contribution >= 4 is 28.3 Å². The summed E-state index contributed by atoms with van der Waals surface area (Å²) in [5, 5.41) is 7.68. The van der Waals surface area contributed by atoms with Crippen LogP contribution in [0.2, 0.25) is 0 Å². The van der Waals surface area contributed by atoms with Crippen LogP contribution in [0.15, 0.2) is 17.5 Å². The van der Waals surface area contributed by atoms with Gasteiger partial charge in [0.1, 0.15) is 11.4 Å². The highest BCUT2D eigenvalue weighted by atomic mass is 32.1. The van der Waals surface area contributed by atoms with E-state index in [1.807, 2.05) is 0 Å². The Bertz CT molecular complexity index is 909. The number of rotatable bonds is 7. The van der Waals surface area contributed by atoms with Crippen molar-refractivity contribution in [1.29, 1.82) is 0 Å². The average Bonchev–Trinajstić information content (AvgIpc) is 3.22. The molecule has 1 aliphatic rings. The molecule has 1 saturated heterocycles. The van der Waals surface area contributed by atoms with Gasteiger partial charge in [0.15, 0.2) is 16.6 Å². The fraction of sp³-hybridized carbons (Fsp3) is 0.450. The molecule has 2 aromatic rings.